The maximum atomic E-state index is 10.6. The van der Waals surface area contributed by atoms with Crippen molar-refractivity contribution in [3.05, 3.63) is 0 Å². The van der Waals surface area contributed by atoms with Crippen LogP contribution in [0.2, 0.25) is 0 Å². The molecule has 0 aromatic rings. The SMILES string of the molecule is CCCCN1CCCC(CC(=O)O)C1. The van der Waals surface area contributed by atoms with Gasteiger partial charge in [0, 0.05) is 13.0 Å². The summed E-state index contributed by atoms with van der Waals surface area (Å²) in [6, 6.07) is 0. The van der Waals surface area contributed by atoms with Gasteiger partial charge in [-0.05, 0) is 38.3 Å². The lowest BCUT2D eigenvalue weighted by atomic mass is 9.95. The third-order valence-electron chi connectivity index (χ3n) is 2.89. The number of hydrogen-bond acceptors (Lipinski definition) is 2. The third kappa shape index (κ3) is 4.09. The molecule has 0 saturated carbocycles. The number of likely N-dealkylation sites (tertiary alicyclic amines) is 1. The van der Waals surface area contributed by atoms with Crippen molar-refractivity contribution in [1.82, 2.24) is 4.90 Å². The van der Waals surface area contributed by atoms with Crippen LogP contribution in [-0.2, 0) is 4.79 Å². The molecule has 0 aromatic carbocycles. The highest BCUT2D eigenvalue weighted by molar-refractivity contribution is 5.67. The third-order valence-corrected chi connectivity index (χ3v) is 2.89. The number of rotatable bonds is 5. The summed E-state index contributed by atoms with van der Waals surface area (Å²) in [6.45, 7) is 5.49. The van der Waals surface area contributed by atoms with Crippen molar-refractivity contribution in [2.24, 2.45) is 5.92 Å². The van der Waals surface area contributed by atoms with E-state index in [2.05, 4.69) is 11.8 Å². The van der Waals surface area contributed by atoms with E-state index in [1.807, 2.05) is 0 Å². The van der Waals surface area contributed by atoms with Crippen molar-refractivity contribution in [2.45, 2.75) is 39.0 Å². The summed E-state index contributed by atoms with van der Waals surface area (Å²) < 4.78 is 0. The Hall–Kier alpha value is -0.570. The average Bonchev–Trinajstić information content (AvgIpc) is 2.14. The molecule has 1 rings (SSSR count). The second-order valence-corrected chi connectivity index (χ2v) is 4.26. The van der Waals surface area contributed by atoms with Gasteiger partial charge in [0.05, 0.1) is 0 Å². The molecular formula is C11H21NO2. The Morgan fingerprint density at radius 3 is 3.00 bits per heavy atom. The van der Waals surface area contributed by atoms with E-state index in [-0.39, 0.29) is 0 Å². The van der Waals surface area contributed by atoms with E-state index in [9.17, 15) is 4.79 Å². The Bertz CT molecular complexity index is 182. The molecular weight excluding hydrogens is 178 g/mol. The van der Waals surface area contributed by atoms with Gasteiger partial charge in [0.15, 0.2) is 0 Å². The van der Waals surface area contributed by atoms with Crippen molar-refractivity contribution >= 4 is 5.97 Å². The molecule has 0 aromatic heterocycles. The Kier molecular flexibility index (Phi) is 4.94. The standard InChI is InChI=1S/C11H21NO2/c1-2-3-6-12-7-4-5-10(9-12)8-11(13)14/h10H,2-9H2,1H3,(H,13,14). The van der Waals surface area contributed by atoms with Crippen molar-refractivity contribution in [1.29, 1.82) is 0 Å². The predicted octanol–water partition coefficient (Wildman–Crippen LogP) is 1.97. The van der Waals surface area contributed by atoms with Gasteiger partial charge < -0.3 is 10.0 Å². The Labute approximate surface area is 86.1 Å². The van der Waals surface area contributed by atoms with E-state index in [1.54, 1.807) is 0 Å². The van der Waals surface area contributed by atoms with Crippen molar-refractivity contribution in [3.63, 3.8) is 0 Å². The quantitative estimate of drug-likeness (QED) is 0.736. The Morgan fingerprint density at radius 1 is 1.57 bits per heavy atom. The van der Waals surface area contributed by atoms with Gasteiger partial charge >= 0.3 is 5.97 Å². The highest BCUT2D eigenvalue weighted by Gasteiger charge is 2.21. The molecule has 1 aliphatic heterocycles. The zero-order valence-electron chi connectivity index (χ0n) is 9.04. The van der Waals surface area contributed by atoms with Gasteiger partial charge in [0.25, 0.3) is 0 Å². The van der Waals surface area contributed by atoms with Crippen LogP contribution in [-0.4, -0.2) is 35.6 Å². The molecule has 0 amide bonds. The van der Waals surface area contributed by atoms with Crippen LogP contribution in [0.1, 0.15) is 39.0 Å². The number of nitrogens with zero attached hydrogens (tertiary/aromatic N) is 1. The van der Waals surface area contributed by atoms with Crippen LogP contribution in [0.15, 0.2) is 0 Å². The normalized spacial score (nSPS) is 23.6. The van der Waals surface area contributed by atoms with Gasteiger partial charge in [0.1, 0.15) is 0 Å². The number of carbonyl (C=O) groups is 1. The Balaban J connectivity index is 2.24. The molecule has 0 radical (unpaired) electrons. The second-order valence-electron chi connectivity index (χ2n) is 4.26. The van der Waals surface area contributed by atoms with Crippen molar-refractivity contribution in [2.75, 3.05) is 19.6 Å². The summed E-state index contributed by atoms with van der Waals surface area (Å²) in [6.07, 6.45) is 5.07. The molecule has 3 heteroatoms. The van der Waals surface area contributed by atoms with Crippen LogP contribution in [0.3, 0.4) is 0 Å². The summed E-state index contributed by atoms with van der Waals surface area (Å²) in [4.78, 5) is 13.0. The summed E-state index contributed by atoms with van der Waals surface area (Å²) in [7, 11) is 0. The van der Waals surface area contributed by atoms with Crippen LogP contribution >= 0.6 is 0 Å². The summed E-state index contributed by atoms with van der Waals surface area (Å²) >= 11 is 0. The summed E-state index contributed by atoms with van der Waals surface area (Å²) in [5.74, 6) is -0.259. The van der Waals surface area contributed by atoms with Gasteiger partial charge in [-0.25, -0.2) is 0 Å². The molecule has 14 heavy (non-hydrogen) atoms. The minimum atomic E-state index is -0.646. The van der Waals surface area contributed by atoms with E-state index >= 15 is 0 Å². The number of unbranched alkanes of at least 4 members (excludes halogenated alkanes) is 1. The lowest BCUT2D eigenvalue weighted by Gasteiger charge is -2.31. The highest BCUT2D eigenvalue weighted by Crippen LogP contribution is 2.19. The lowest BCUT2D eigenvalue weighted by molar-refractivity contribution is -0.138. The fourth-order valence-electron chi connectivity index (χ4n) is 2.15. The maximum absolute atomic E-state index is 10.6. The molecule has 1 heterocycles. The summed E-state index contributed by atoms with van der Waals surface area (Å²) in [5, 5.41) is 8.71. The zero-order chi connectivity index (χ0) is 10.4. The number of aliphatic carboxylic acids is 1. The van der Waals surface area contributed by atoms with Gasteiger partial charge in [-0.1, -0.05) is 13.3 Å². The molecule has 0 bridgehead atoms. The van der Waals surface area contributed by atoms with E-state index in [4.69, 9.17) is 5.11 Å². The second kappa shape index (κ2) is 6.02. The van der Waals surface area contributed by atoms with E-state index < -0.39 is 5.97 Å². The summed E-state index contributed by atoms with van der Waals surface area (Å²) in [5.41, 5.74) is 0. The monoisotopic (exact) mass is 199 g/mol. The molecule has 1 N–H and O–H groups in total. The van der Waals surface area contributed by atoms with Crippen molar-refractivity contribution in [3.8, 4) is 0 Å². The largest absolute Gasteiger partial charge is 0.481 e. The van der Waals surface area contributed by atoms with Crippen LogP contribution in [0.25, 0.3) is 0 Å². The molecule has 3 nitrogen and oxygen atoms in total. The maximum Gasteiger partial charge on any atom is 0.303 e. The lowest BCUT2D eigenvalue weighted by Crippen LogP contribution is -2.36. The first-order valence-electron chi connectivity index (χ1n) is 5.66. The topological polar surface area (TPSA) is 40.5 Å². The first-order valence-corrected chi connectivity index (χ1v) is 5.66. The molecule has 0 aliphatic carbocycles. The van der Waals surface area contributed by atoms with E-state index in [0.717, 1.165) is 26.1 Å². The zero-order valence-corrected chi connectivity index (χ0v) is 9.04. The van der Waals surface area contributed by atoms with Crippen LogP contribution in [0.5, 0.6) is 0 Å². The Morgan fingerprint density at radius 2 is 2.36 bits per heavy atom. The molecule has 1 fully saturated rings. The number of carboxylic acids is 1. The fraction of sp³-hybridized carbons (Fsp3) is 0.909. The van der Waals surface area contributed by atoms with E-state index in [0.29, 0.717) is 12.3 Å². The molecule has 1 saturated heterocycles. The van der Waals surface area contributed by atoms with Crippen LogP contribution < -0.4 is 0 Å². The molecule has 82 valence electrons. The molecule has 0 spiro atoms. The van der Waals surface area contributed by atoms with Gasteiger partial charge in [-0.3, -0.25) is 4.79 Å². The number of hydrogen-bond donors (Lipinski definition) is 1. The smallest absolute Gasteiger partial charge is 0.303 e. The number of piperidine rings is 1. The number of carboxylic acid groups (broad SMARTS) is 1. The van der Waals surface area contributed by atoms with Crippen LogP contribution in [0, 0.1) is 5.92 Å². The fourth-order valence-corrected chi connectivity index (χ4v) is 2.15. The highest BCUT2D eigenvalue weighted by atomic mass is 16.4. The minimum absolute atomic E-state index is 0.350. The van der Waals surface area contributed by atoms with Crippen molar-refractivity contribution < 1.29 is 9.90 Å². The average molecular weight is 199 g/mol. The van der Waals surface area contributed by atoms with Gasteiger partial charge in [0.2, 0.25) is 0 Å². The van der Waals surface area contributed by atoms with Gasteiger partial charge in [-0.2, -0.15) is 0 Å². The molecule has 1 atom stereocenters. The molecule has 1 unspecified atom stereocenters. The first-order chi connectivity index (χ1) is 6.72. The van der Waals surface area contributed by atoms with Gasteiger partial charge in [-0.15, -0.1) is 0 Å². The molecule has 1 aliphatic rings. The predicted molar refractivity (Wildman–Crippen MR) is 56.3 cm³/mol. The van der Waals surface area contributed by atoms with Crippen LogP contribution in [0.4, 0.5) is 0 Å². The van der Waals surface area contributed by atoms with E-state index in [1.165, 1.54) is 19.3 Å². The minimum Gasteiger partial charge on any atom is -0.481 e. The first kappa shape index (κ1) is 11.5.